The molecule has 106 valence electrons. The van der Waals surface area contributed by atoms with Gasteiger partial charge in [-0.05, 0) is 35.9 Å². The third kappa shape index (κ3) is 3.68. The Balaban J connectivity index is 2.45. The Morgan fingerprint density at radius 2 is 1.70 bits per heavy atom. The van der Waals surface area contributed by atoms with Gasteiger partial charge in [0.15, 0.2) is 0 Å². The minimum atomic E-state index is -4.72. The lowest BCUT2D eigenvalue weighted by molar-refractivity contribution is -0.274. The van der Waals surface area contributed by atoms with Crippen LogP contribution in [0, 0.1) is 0 Å². The molecule has 1 nitrogen and oxygen atoms in total. The van der Waals surface area contributed by atoms with Gasteiger partial charge in [0.2, 0.25) is 0 Å². The van der Waals surface area contributed by atoms with Crippen molar-refractivity contribution in [2.45, 2.75) is 6.36 Å². The summed E-state index contributed by atoms with van der Waals surface area (Å²) in [7, 11) is 0. The Morgan fingerprint density at radius 1 is 1.00 bits per heavy atom. The summed E-state index contributed by atoms with van der Waals surface area (Å²) >= 11 is 12.7. The summed E-state index contributed by atoms with van der Waals surface area (Å²) < 4.78 is 41.5. The molecule has 0 saturated carbocycles. The Labute approximate surface area is 135 Å². The fourth-order valence-corrected chi connectivity index (χ4v) is 3.18. The second-order valence-corrected chi connectivity index (χ2v) is 5.90. The molecule has 0 heterocycles. The van der Waals surface area contributed by atoms with E-state index in [9.17, 15) is 13.2 Å². The summed E-state index contributed by atoms with van der Waals surface area (Å²) in [6.07, 6.45) is -4.72. The molecule has 0 atom stereocenters. The lowest BCUT2D eigenvalue weighted by Gasteiger charge is -2.13. The summed E-state index contributed by atoms with van der Waals surface area (Å²) in [5, 5.41) is 0.490. The zero-order valence-electron chi connectivity index (χ0n) is 9.64. The number of hydrogen-bond donors (Lipinski definition) is 0. The van der Waals surface area contributed by atoms with Gasteiger partial charge in [-0.3, -0.25) is 0 Å². The van der Waals surface area contributed by atoms with Gasteiger partial charge >= 0.3 is 6.36 Å². The van der Waals surface area contributed by atoms with Crippen molar-refractivity contribution in [2.24, 2.45) is 0 Å². The number of alkyl halides is 3. The number of ether oxygens (including phenoxy) is 1. The smallest absolute Gasteiger partial charge is 0.406 e. The quantitative estimate of drug-likeness (QED) is 0.534. The molecule has 0 fully saturated rings. The van der Waals surface area contributed by atoms with Crippen LogP contribution < -0.4 is 4.74 Å². The molecule has 0 saturated heterocycles. The van der Waals surface area contributed by atoms with Gasteiger partial charge in [0.1, 0.15) is 5.75 Å². The predicted octanol–water partition coefficient (Wildman–Crippen LogP) is 6.43. The highest BCUT2D eigenvalue weighted by molar-refractivity contribution is 9.11. The van der Waals surface area contributed by atoms with Gasteiger partial charge in [-0.1, -0.05) is 49.5 Å². The number of hydrogen-bond acceptors (Lipinski definition) is 1. The number of halogens is 6. The van der Waals surface area contributed by atoms with E-state index in [1.165, 1.54) is 18.2 Å². The number of rotatable bonds is 2. The van der Waals surface area contributed by atoms with Gasteiger partial charge in [0.05, 0.1) is 0 Å². The molecule has 0 aliphatic heterocycles. The first kappa shape index (κ1) is 15.7. The van der Waals surface area contributed by atoms with E-state index < -0.39 is 6.36 Å². The lowest BCUT2D eigenvalue weighted by Crippen LogP contribution is -2.17. The SMILES string of the molecule is FC(F)(F)Oc1ccc(-c2c(Cl)cccc2Br)c(Br)c1. The first-order valence-corrected chi connectivity index (χ1v) is 7.24. The lowest BCUT2D eigenvalue weighted by atomic mass is 10.1. The molecule has 0 unspecified atom stereocenters. The summed E-state index contributed by atoms with van der Waals surface area (Å²) in [6.45, 7) is 0. The van der Waals surface area contributed by atoms with Crippen LogP contribution >= 0.6 is 43.5 Å². The van der Waals surface area contributed by atoms with E-state index in [0.717, 1.165) is 4.47 Å². The fraction of sp³-hybridized carbons (Fsp3) is 0.0769. The fourth-order valence-electron chi connectivity index (χ4n) is 1.65. The molecule has 0 aromatic heterocycles. The van der Waals surface area contributed by atoms with Crippen molar-refractivity contribution in [3.8, 4) is 16.9 Å². The van der Waals surface area contributed by atoms with Crippen molar-refractivity contribution in [2.75, 3.05) is 0 Å². The van der Waals surface area contributed by atoms with E-state index in [2.05, 4.69) is 36.6 Å². The third-order valence-corrected chi connectivity index (χ3v) is 4.04. The Kier molecular flexibility index (Phi) is 4.66. The molecule has 20 heavy (non-hydrogen) atoms. The Hall–Kier alpha value is -0.720. The first-order valence-electron chi connectivity index (χ1n) is 5.27. The molecular weight excluding hydrogens is 424 g/mol. The molecule has 2 aromatic rings. The molecule has 0 radical (unpaired) electrons. The monoisotopic (exact) mass is 428 g/mol. The zero-order chi connectivity index (χ0) is 14.9. The highest BCUT2D eigenvalue weighted by atomic mass is 79.9. The van der Waals surface area contributed by atoms with Crippen molar-refractivity contribution in [3.63, 3.8) is 0 Å². The normalized spacial score (nSPS) is 11.5. The molecule has 2 rings (SSSR count). The largest absolute Gasteiger partial charge is 0.573 e. The summed E-state index contributed by atoms with van der Waals surface area (Å²) in [5.41, 5.74) is 1.36. The Bertz CT molecular complexity index is 624. The third-order valence-electron chi connectivity index (χ3n) is 2.41. The van der Waals surface area contributed by atoms with Crippen LogP contribution in [-0.4, -0.2) is 6.36 Å². The van der Waals surface area contributed by atoms with Crippen LogP contribution in [0.3, 0.4) is 0 Å². The predicted molar refractivity (Wildman–Crippen MR) is 79.0 cm³/mol. The molecular formula is C13H6Br2ClF3O. The Morgan fingerprint density at radius 3 is 2.25 bits per heavy atom. The van der Waals surface area contributed by atoms with Gasteiger partial charge in [-0.25, -0.2) is 0 Å². The summed E-state index contributed by atoms with van der Waals surface area (Å²) in [4.78, 5) is 0. The zero-order valence-corrected chi connectivity index (χ0v) is 13.6. The summed E-state index contributed by atoms with van der Waals surface area (Å²) in [5.74, 6) is -0.295. The van der Waals surface area contributed by atoms with Crippen LogP contribution in [-0.2, 0) is 0 Å². The van der Waals surface area contributed by atoms with Gasteiger partial charge < -0.3 is 4.74 Å². The maximum Gasteiger partial charge on any atom is 0.573 e. The highest BCUT2D eigenvalue weighted by Gasteiger charge is 2.31. The van der Waals surface area contributed by atoms with E-state index >= 15 is 0 Å². The highest BCUT2D eigenvalue weighted by Crippen LogP contribution is 2.40. The van der Waals surface area contributed by atoms with E-state index in [-0.39, 0.29) is 5.75 Å². The second kappa shape index (κ2) is 5.95. The minimum absolute atomic E-state index is 0.295. The van der Waals surface area contributed by atoms with Crippen LogP contribution in [0.2, 0.25) is 5.02 Å². The van der Waals surface area contributed by atoms with Crippen molar-refractivity contribution in [3.05, 3.63) is 50.4 Å². The van der Waals surface area contributed by atoms with E-state index in [4.69, 9.17) is 11.6 Å². The standard InChI is InChI=1S/C13H6Br2ClF3O/c14-9-2-1-3-11(16)12(9)8-5-4-7(6-10(8)15)20-13(17,18)19/h1-6H. The molecule has 0 aliphatic rings. The van der Waals surface area contributed by atoms with Crippen molar-refractivity contribution in [1.82, 2.24) is 0 Å². The molecule has 0 aliphatic carbocycles. The van der Waals surface area contributed by atoms with E-state index in [1.807, 2.05) is 0 Å². The van der Waals surface area contributed by atoms with Crippen LogP contribution in [0.1, 0.15) is 0 Å². The topological polar surface area (TPSA) is 9.23 Å². The molecule has 0 bridgehead atoms. The number of benzene rings is 2. The van der Waals surface area contributed by atoms with Gasteiger partial charge in [-0.2, -0.15) is 0 Å². The maximum atomic E-state index is 12.2. The van der Waals surface area contributed by atoms with Crippen LogP contribution in [0.5, 0.6) is 5.75 Å². The first-order chi connectivity index (χ1) is 9.28. The van der Waals surface area contributed by atoms with Gasteiger partial charge in [0, 0.05) is 19.5 Å². The average Bonchev–Trinajstić information content (AvgIpc) is 2.29. The molecule has 0 N–H and O–H groups in total. The summed E-state index contributed by atoms with van der Waals surface area (Å²) in [6, 6.07) is 9.27. The van der Waals surface area contributed by atoms with Gasteiger partial charge in [-0.15, -0.1) is 13.2 Å². The maximum absolute atomic E-state index is 12.2. The van der Waals surface area contributed by atoms with Crippen LogP contribution in [0.25, 0.3) is 11.1 Å². The van der Waals surface area contributed by atoms with Gasteiger partial charge in [0.25, 0.3) is 0 Å². The average molecular weight is 430 g/mol. The molecule has 0 amide bonds. The van der Waals surface area contributed by atoms with Crippen LogP contribution in [0.15, 0.2) is 45.3 Å². The molecule has 2 aromatic carbocycles. The van der Waals surface area contributed by atoms with Crippen molar-refractivity contribution in [1.29, 1.82) is 0 Å². The minimum Gasteiger partial charge on any atom is -0.406 e. The molecule has 7 heteroatoms. The van der Waals surface area contributed by atoms with Crippen LogP contribution in [0.4, 0.5) is 13.2 Å². The van der Waals surface area contributed by atoms with E-state index in [0.29, 0.717) is 20.6 Å². The van der Waals surface area contributed by atoms with Crippen molar-refractivity contribution >= 4 is 43.5 Å². The van der Waals surface area contributed by atoms with E-state index in [1.54, 1.807) is 18.2 Å². The second-order valence-electron chi connectivity index (χ2n) is 3.79. The molecule has 0 spiro atoms. The van der Waals surface area contributed by atoms with Crippen molar-refractivity contribution < 1.29 is 17.9 Å².